The van der Waals surface area contributed by atoms with Crippen molar-refractivity contribution < 1.29 is 18.7 Å². The number of hydrogen-bond donors (Lipinski definition) is 2. The van der Waals surface area contributed by atoms with Crippen LogP contribution in [0.3, 0.4) is 0 Å². The summed E-state index contributed by atoms with van der Waals surface area (Å²) in [5.74, 6) is 1.46. The van der Waals surface area contributed by atoms with Crippen LogP contribution in [0.5, 0.6) is 0 Å². The third-order valence-corrected chi connectivity index (χ3v) is 1.77. The summed E-state index contributed by atoms with van der Waals surface area (Å²) in [7, 11) is 1.65. The van der Waals surface area contributed by atoms with E-state index in [-0.39, 0.29) is 0 Å². The Morgan fingerprint density at radius 2 is 2.00 bits per heavy atom. The van der Waals surface area contributed by atoms with Gasteiger partial charge in [0, 0.05) is 0 Å². The maximum absolute atomic E-state index is 13.3. The van der Waals surface area contributed by atoms with E-state index < -0.39 is 28.7 Å². The lowest BCUT2D eigenvalue weighted by atomic mass is 10.1. The Bertz CT molecular complexity index is 452. The highest BCUT2D eigenvalue weighted by Gasteiger charge is 2.12. The predicted molar refractivity (Wildman–Crippen MR) is 54.1 cm³/mol. The SMILES string of the molecule is CNCC#Cc1c(F)cc(C(=O)O)cc1F. The zero-order valence-corrected chi connectivity index (χ0v) is 8.47. The molecule has 0 aromatic heterocycles. The molecule has 0 aliphatic rings. The van der Waals surface area contributed by atoms with Crippen LogP contribution >= 0.6 is 0 Å². The predicted octanol–water partition coefficient (Wildman–Crippen LogP) is 1.23. The van der Waals surface area contributed by atoms with Crippen LogP contribution in [-0.4, -0.2) is 24.7 Å². The summed E-state index contributed by atoms with van der Waals surface area (Å²) >= 11 is 0. The molecule has 0 saturated heterocycles. The maximum atomic E-state index is 13.3. The second-order valence-corrected chi connectivity index (χ2v) is 2.95. The number of nitrogens with one attached hydrogen (secondary N) is 1. The van der Waals surface area contributed by atoms with E-state index in [1.165, 1.54) is 0 Å². The van der Waals surface area contributed by atoms with E-state index in [9.17, 15) is 13.6 Å². The van der Waals surface area contributed by atoms with E-state index in [4.69, 9.17) is 5.11 Å². The number of hydrogen-bond acceptors (Lipinski definition) is 2. The number of carboxylic acids is 1. The van der Waals surface area contributed by atoms with E-state index in [0.29, 0.717) is 6.54 Å². The number of carboxylic acid groups (broad SMARTS) is 1. The van der Waals surface area contributed by atoms with E-state index in [0.717, 1.165) is 12.1 Å². The lowest BCUT2D eigenvalue weighted by Gasteiger charge is -1.99. The van der Waals surface area contributed by atoms with E-state index >= 15 is 0 Å². The number of halogens is 2. The minimum absolute atomic E-state index is 0.291. The van der Waals surface area contributed by atoms with E-state index in [1.807, 2.05) is 0 Å². The molecule has 0 fully saturated rings. The third-order valence-electron chi connectivity index (χ3n) is 1.77. The Labute approximate surface area is 91.1 Å². The van der Waals surface area contributed by atoms with Gasteiger partial charge in [-0.05, 0) is 19.2 Å². The van der Waals surface area contributed by atoms with Gasteiger partial charge in [0.05, 0.1) is 17.7 Å². The fraction of sp³-hybridized carbons (Fsp3) is 0.182. The molecule has 2 N–H and O–H groups in total. The molecule has 16 heavy (non-hydrogen) atoms. The van der Waals surface area contributed by atoms with Crippen molar-refractivity contribution >= 4 is 5.97 Å². The van der Waals surface area contributed by atoms with Gasteiger partial charge in [0.2, 0.25) is 0 Å². The molecule has 0 radical (unpaired) electrons. The highest BCUT2D eigenvalue weighted by molar-refractivity contribution is 5.87. The van der Waals surface area contributed by atoms with E-state index in [2.05, 4.69) is 17.2 Å². The van der Waals surface area contributed by atoms with Gasteiger partial charge < -0.3 is 10.4 Å². The summed E-state index contributed by atoms with van der Waals surface area (Å²) in [5.41, 5.74) is -0.852. The molecule has 0 atom stereocenters. The average Bonchev–Trinajstić information content (AvgIpc) is 2.21. The number of benzene rings is 1. The summed E-state index contributed by atoms with van der Waals surface area (Å²) in [6, 6.07) is 1.49. The second kappa shape index (κ2) is 5.24. The lowest BCUT2D eigenvalue weighted by Crippen LogP contribution is -2.05. The Kier molecular flexibility index (Phi) is 3.97. The Hall–Kier alpha value is -1.93. The first kappa shape index (κ1) is 12.1. The highest BCUT2D eigenvalue weighted by atomic mass is 19.1. The summed E-state index contributed by atoms with van der Waals surface area (Å²) < 4.78 is 26.5. The van der Waals surface area contributed by atoms with E-state index in [1.54, 1.807) is 7.05 Å². The molecule has 0 aliphatic heterocycles. The van der Waals surface area contributed by atoms with Gasteiger partial charge in [0.25, 0.3) is 0 Å². The minimum Gasteiger partial charge on any atom is -0.478 e. The molecule has 0 spiro atoms. The molecular weight excluding hydrogens is 216 g/mol. The van der Waals surface area contributed by atoms with Gasteiger partial charge in [-0.15, -0.1) is 0 Å². The van der Waals surface area contributed by atoms with Crippen molar-refractivity contribution in [2.24, 2.45) is 0 Å². The van der Waals surface area contributed by atoms with Gasteiger partial charge in [-0.3, -0.25) is 0 Å². The largest absolute Gasteiger partial charge is 0.478 e. The van der Waals surface area contributed by atoms with Gasteiger partial charge in [0.15, 0.2) is 0 Å². The molecule has 0 saturated carbocycles. The van der Waals surface area contributed by atoms with Crippen LogP contribution in [0.2, 0.25) is 0 Å². The lowest BCUT2D eigenvalue weighted by molar-refractivity contribution is 0.0695. The molecule has 0 bridgehead atoms. The minimum atomic E-state index is -1.38. The number of aromatic carboxylic acids is 1. The van der Waals surface area contributed by atoms with Crippen molar-refractivity contribution in [3.8, 4) is 11.8 Å². The van der Waals surface area contributed by atoms with Gasteiger partial charge in [-0.1, -0.05) is 11.8 Å². The van der Waals surface area contributed by atoms with Crippen LogP contribution in [0.1, 0.15) is 15.9 Å². The maximum Gasteiger partial charge on any atom is 0.335 e. The first-order valence-electron chi connectivity index (χ1n) is 4.42. The van der Waals surface area contributed by atoms with Crippen molar-refractivity contribution in [1.82, 2.24) is 5.32 Å². The van der Waals surface area contributed by atoms with Crippen LogP contribution in [0, 0.1) is 23.5 Å². The summed E-state index contributed by atoms with van der Waals surface area (Å²) in [6.07, 6.45) is 0. The molecule has 0 aliphatic carbocycles. The highest BCUT2D eigenvalue weighted by Crippen LogP contribution is 2.14. The molecule has 3 nitrogen and oxygen atoms in total. The van der Waals surface area contributed by atoms with Gasteiger partial charge >= 0.3 is 5.97 Å². The molecule has 0 amide bonds. The number of rotatable bonds is 2. The van der Waals surface area contributed by atoms with Crippen LogP contribution in [0.25, 0.3) is 0 Å². The Morgan fingerprint density at radius 1 is 1.44 bits per heavy atom. The van der Waals surface area contributed by atoms with Crippen LogP contribution < -0.4 is 5.32 Å². The Morgan fingerprint density at radius 3 is 2.44 bits per heavy atom. The molecule has 0 heterocycles. The van der Waals surface area contributed by atoms with Crippen molar-refractivity contribution in [2.45, 2.75) is 0 Å². The molecular formula is C11H9F2NO2. The smallest absolute Gasteiger partial charge is 0.335 e. The molecule has 1 aromatic rings. The monoisotopic (exact) mass is 225 g/mol. The van der Waals surface area contributed by atoms with Crippen LogP contribution in [-0.2, 0) is 0 Å². The molecule has 1 rings (SSSR count). The van der Waals surface area contributed by atoms with Gasteiger partial charge in [0.1, 0.15) is 11.6 Å². The standard InChI is InChI=1S/C11H9F2NO2/c1-14-4-2-3-8-9(12)5-7(11(15)16)6-10(8)13/h5-6,14H,4H2,1H3,(H,15,16). The van der Waals surface area contributed by atoms with Crippen LogP contribution in [0.15, 0.2) is 12.1 Å². The fourth-order valence-electron chi connectivity index (χ4n) is 1.04. The normalized spacial score (nSPS) is 9.44. The summed E-state index contributed by atoms with van der Waals surface area (Å²) in [6.45, 7) is 0.291. The van der Waals surface area contributed by atoms with Crippen molar-refractivity contribution in [1.29, 1.82) is 0 Å². The molecule has 1 aromatic carbocycles. The Balaban J connectivity index is 3.14. The summed E-state index contributed by atoms with van der Waals surface area (Å²) in [5, 5.41) is 11.3. The van der Waals surface area contributed by atoms with Crippen molar-refractivity contribution in [3.05, 3.63) is 34.9 Å². The zero-order valence-electron chi connectivity index (χ0n) is 8.47. The average molecular weight is 225 g/mol. The summed E-state index contributed by atoms with van der Waals surface area (Å²) in [4.78, 5) is 10.5. The second-order valence-electron chi connectivity index (χ2n) is 2.95. The van der Waals surface area contributed by atoms with Crippen molar-refractivity contribution in [2.75, 3.05) is 13.6 Å². The fourth-order valence-corrected chi connectivity index (χ4v) is 1.04. The quantitative estimate of drug-likeness (QED) is 0.744. The first-order valence-corrected chi connectivity index (χ1v) is 4.42. The van der Waals surface area contributed by atoms with Crippen molar-refractivity contribution in [3.63, 3.8) is 0 Å². The third kappa shape index (κ3) is 2.78. The number of carbonyl (C=O) groups is 1. The molecule has 0 unspecified atom stereocenters. The first-order chi connectivity index (χ1) is 7.56. The van der Waals surface area contributed by atoms with Gasteiger partial charge in [-0.25, -0.2) is 13.6 Å². The topological polar surface area (TPSA) is 49.3 Å². The van der Waals surface area contributed by atoms with Gasteiger partial charge in [-0.2, -0.15) is 0 Å². The molecule has 5 heteroatoms. The molecule has 84 valence electrons. The van der Waals surface area contributed by atoms with Crippen LogP contribution in [0.4, 0.5) is 8.78 Å². The zero-order chi connectivity index (χ0) is 12.1.